The number of carbonyl (C=O) groups is 1. The lowest BCUT2D eigenvalue weighted by Crippen LogP contribution is -2.23. The van der Waals surface area contributed by atoms with Crippen LogP contribution < -0.4 is 9.47 Å². The highest BCUT2D eigenvalue weighted by Gasteiger charge is 2.18. The molecule has 0 radical (unpaired) electrons. The van der Waals surface area contributed by atoms with Gasteiger partial charge in [0.25, 0.3) is 0 Å². The number of thioether (sulfide) groups is 1. The van der Waals surface area contributed by atoms with E-state index in [-0.39, 0.29) is 6.10 Å². The average Bonchev–Trinajstić information content (AvgIpc) is 2.46. The Balaban J connectivity index is 2.11. The Labute approximate surface area is 118 Å². The molecule has 0 amide bonds. The van der Waals surface area contributed by atoms with Crippen LogP contribution in [0.1, 0.15) is 24.8 Å². The molecule has 0 bridgehead atoms. The quantitative estimate of drug-likeness (QED) is 0.750. The van der Waals surface area contributed by atoms with Crippen molar-refractivity contribution in [2.75, 3.05) is 18.6 Å². The molecule has 1 aromatic rings. The molecule has 0 aliphatic carbocycles. The number of rotatable bonds is 6. The molecule has 19 heavy (non-hydrogen) atoms. The van der Waals surface area contributed by atoms with Crippen LogP contribution in [0.15, 0.2) is 18.2 Å². The molecule has 1 aliphatic heterocycles. The van der Waals surface area contributed by atoms with Gasteiger partial charge in [0.1, 0.15) is 12.4 Å². The molecule has 1 fully saturated rings. The van der Waals surface area contributed by atoms with E-state index in [9.17, 15) is 4.79 Å². The first-order chi connectivity index (χ1) is 9.35. The first-order valence-electron chi connectivity index (χ1n) is 6.69. The minimum atomic E-state index is 0.272. The average molecular weight is 280 g/mol. The van der Waals surface area contributed by atoms with Gasteiger partial charge >= 0.3 is 0 Å². The summed E-state index contributed by atoms with van der Waals surface area (Å²) in [5.74, 6) is 3.86. The van der Waals surface area contributed by atoms with E-state index >= 15 is 0 Å². The Bertz CT molecular complexity index is 414. The van der Waals surface area contributed by atoms with Gasteiger partial charge in [0.05, 0.1) is 7.11 Å². The monoisotopic (exact) mass is 280 g/mol. The van der Waals surface area contributed by atoms with Crippen LogP contribution in [0.2, 0.25) is 0 Å². The van der Waals surface area contributed by atoms with Crippen LogP contribution in [0.5, 0.6) is 11.5 Å². The summed E-state index contributed by atoms with van der Waals surface area (Å²) < 4.78 is 11.5. The normalized spacial score (nSPS) is 18.9. The van der Waals surface area contributed by atoms with Gasteiger partial charge in [-0.15, -0.1) is 0 Å². The number of methoxy groups -OCH3 is 1. The van der Waals surface area contributed by atoms with Crippen molar-refractivity contribution in [1.29, 1.82) is 0 Å². The number of carbonyl (C=O) groups excluding carboxylic acids is 1. The molecule has 1 aliphatic rings. The van der Waals surface area contributed by atoms with E-state index in [2.05, 4.69) is 0 Å². The molecule has 2 rings (SSSR count). The molecule has 0 aromatic heterocycles. The number of hydrogen-bond acceptors (Lipinski definition) is 4. The Kier molecular flexibility index (Phi) is 5.58. The molecule has 104 valence electrons. The Morgan fingerprint density at radius 1 is 1.47 bits per heavy atom. The van der Waals surface area contributed by atoms with Crippen molar-refractivity contribution in [3.8, 4) is 11.5 Å². The van der Waals surface area contributed by atoms with Gasteiger partial charge in [0, 0.05) is 12.2 Å². The third-order valence-electron chi connectivity index (χ3n) is 3.21. The second kappa shape index (κ2) is 7.43. The molecule has 1 unspecified atom stereocenters. The minimum absolute atomic E-state index is 0.272. The van der Waals surface area contributed by atoms with Gasteiger partial charge in [-0.05, 0) is 36.6 Å². The third-order valence-corrected chi connectivity index (χ3v) is 4.39. The number of benzene rings is 1. The zero-order valence-electron chi connectivity index (χ0n) is 11.3. The highest BCUT2D eigenvalue weighted by molar-refractivity contribution is 7.99. The molecule has 1 aromatic carbocycles. The van der Waals surface area contributed by atoms with Crippen LogP contribution in [-0.4, -0.2) is 31.0 Å². The van der Waals surface area contributed by atoms with E-state index < -0.39 is 0 Å². The fraction of sp³-hybridized carbons (Fsp3) is 0.533. The van der Waals surface area contributed by atoms with Crippen LogP contribution in [0.4, 0.5) is 0 Å². The minimum Gasteiger partial charge on any atom is -0.493 e. The number of aldehydes is 1. The van der Waals surface area contributed by atoms with Crippen LogP contribution in [0.25, 0.3) is 0 Å². The lowest BCUT2D eigenvalue weighted by Gasteiger charge is -2.24. The summed E-state index contributed by atoms with van der Waals surface area (Å²) in [5.41, 5.74) is 1.04. The number of ether oxygens (including phenoxy) is 2. The summed E-state index contributed by atoms with van der Waals surface area (Å²) >= 11 is 1.94. The SMILES string of the molecule is COc1c(CCC=O)cccc1OC1CCCSC1. The summed E-state index contributed by atoms with van der Waals surface area (Å²) in [6.45, 7) is 0. The molecule has 1 atom stereocenters. The molecule has 1 saturated heterocycles. The first kappa shape index (κ1) is 14.3. The van der Waals surface area contributed by atoms with Crippen LogP contribution in [0.3, 0.4) is 0 Å². The fourth-order valence-corrected chi connectivity index (χ4v) is 3.32. The van der Waals surface area contributed by atoms with Crippen molar-refractivity contribution in [3.05, 3.63) is 23.8 Å². The van der Waals surface area contributed by atoms with E-state index in [0.717, 1.165) is 35.5 Å². The summed E-state index contributed by atoms with van der Waals surface area (Å²) in [6.07, 6.45) is 4.73. The van der Waals surface area contributed by atoms with Crippen LogP contribution >= 0.6 is 11.8 Å². The molecule has 1 heterocycles. The van der Waals surface area contributed by atoms with E-state index in [0.29, 0.717) is 12.8 Å². The maximum absolute atomic E-state index is 10.5. The standard InChI is InChI=1S/C15H20O3S/c1-17-15-12(6-3-9-16)5-2-8-14(15)18-13-7-4-10-19-11-13/h2,5,8-9,13H,3-4,6-7,10-11H2,1H3. The van der Waals surface area contributed by atoms with Crippen molar-refractivity contribution in [1.82, 2.24) is 0 Å². The predicted molar refractivity (Wildman–Crippen MR) is 78.4 cm³/mol. The maximum atomic E-state index is 10.5. The Hall–Kier alpha value is -1.16. The topological polar surface area (TPSA) is 35.5 Å². The van der Waals surface area contributed by atoms with Gasteiger partial charge in [0.2, 0.25) is 0 Å². The molecular formula is C15H20O3S. The van der Waals surface area contributed by atoms with Gasteiger partial charge < -0.3 is 14.3 Å². The smallest absolute Gasteiger partial charge is 0.163 e. The van der Waals surface area contributed by atoms with Crippen molar-refractivity contribution < 1.29 is 14.3 Å². The summed E-state index contributed by atoms with van der Waals surface area (Å²) in [4.78, 5) is 10.5. The Morgan fingerprint density at radius 3 is 3.05 bits per heavy atom. The zero-order valence-corrected chi connectivity index (χ0v) is 12.1. The van der Waals surface area contributed by atoms with Gasteiger partial charge in [-0.3, -0.25) is 0 Å². The zero-order chi connectivity index (χ0) is 13.5. The second-order valence-corrected chi connectivity index (χ2v) is 5.76. The van der Waals surface area contributed by atoms with Gasteiger partial charge in [0.15, 0.2) is 11.5 Å². The van der Waals surface area contributed by atoms with E-state index in [4.69, 9.17) is 9.47 Å². The van der Waals surface area contributed by atoms with E-state index in [1.165, 1.54) is 12.2 Å². The highest BCUT2D eigenvalue weighted by Crippen LogP contribution is 2.34. The summed E-state index contributed by atoms with van der Waals surface area (Å²) in [5, 5.41) is 0. The highest BCUT2D eigenvalue weighted by atomic mass is 32.2. The number of aryl methyl sites for hydroxylation is 1. The molecule has 0 saturated carbocycles. The van der Waals surface area contributed by atoms with Crippen LogP contribution in [0, 0.1) is 0 Å². The summed E-state index contributed by atoms with van der Waals surface area (Å²) in [6, 6.07) is 5.90. The molecule has 0 N–H and O–H groups in total. The van der Waals surface area contributed by atoms with Crippen molar-refractivity contribution >= 4 is 18.0 Å². The molecular weight excluding hydrogens is 260 g/mol. The van der Waals surface area contributed by atoms with Gasteiger partial charge in [-0.2, -0.15) is 11.8 Å². The predicted octanol–water partition coefficient (Wildman–Crippen LogP) is 3.10. The fourth-order valence-electron chi connectivity index (χ4n) is 2.28. The lowest BCUT2D eigenvalue weighted by atomic mass is 10.1. The van der Waals surface area contributed by atoms with Crippen molar-refractivity contribution in [2.45, 2.75) is 31.8 Å². The molecule has 3 nitrogen and oxygen atoms in total. The van der Waals surface area contributed by atoms with Gasteiger partial charge in [-0.1, -0.05) is 12.1 Å². The van der Waals surface area contributed by atoms with Crippen LogP contribution in [-0.2, 0) is 11.2 Å². The summed E-state index contributed by atoms with van der Waals surface area (Å²) in [7, 11) is 1.65. The Morgan fingerprint density at radius 2 is 2.37 bits per heavy atom. The van der Waals surface area contributed by atoms with E-state index in [1.54, 1.807) is 7.11 Å². The molecule has 0 spiro atoms. The number of hydrogen-bond donors (Lipinski definition) is 0. The second-order valence-electron chi connectivity index (χ2n) is 4.61. The largest absolute Gasteiger partial charge is 0.493 e. The maximum Gasteiger partial charge on any atom is 0.163 e. The molecule has 4 heteroatoms. The first-order valence-corrected chi connectivity index (χ1v) is 7.84. The van der Waals surface area contributed by atoms with E-state index in [1.807, 2.05) is 30.0 Å². The van der Waals surface area contributed by atoms with Crippen molar-refractivity contribution in [3.63, 3.8) is 0 Å². The van der Waals surface area contributed by atoms with Gasteiger partial charge in [-0.25, -0.2) is 0 Å². The lowest BCUT2D eigenvalue weighted by molar-refractivity contribution is -0.107. The van der Waals surface area contributed by atoms with Crippen molar-refractivity contribution in [2.24, 2.45) is 0 Å². The third kappa shape index (κ3) is 3.90. The number of para-hydroxylation sites is 1.